The van der Waals surface area contributed by atoms with Gasteiger partial charge >= 0.3 is 0 Å². The summed E-state index contributed by atoms with van der Waals surface area (Å²) in [7, 11) is -5.00. The highest BCUT2D eigenvalue weighted by atomic mass is 35.5. The molecule has 0 unspecified atom stereocenters. The van der Waals surface area contributed by atoms with Crippen LogP contribution in [0.1, 0.15) is 11.1 Å². The van der Waals surface area contributed by atoms with Crippen molar-refractivity contribution in [2.45, 2.75) is 22.9 Å². The second-order valence-corrected chi connectivity index (χ2v) is 13.1. The zero-order valence-electron chi connectivity index (χ0n) is 19.9. The number of carbonyl (C=O) groups excluding carboxylic acids is 1. The van der Waals surface area contributed by atoms with Gasteiger partial charge in [-0.05, 0) is 54.1 Å². The quantitative estimate of drug-likeness (QED) is 0.387. The van der Waals surface area contributed by atoms with Crippen molar-refractivity contribution >= 4 is 49.2 Å². The Morgan fingerprint density at radius 3 is 2.00 bits per heavy atom. The van der Waals surface area contributed by atoms with Crippen LogP contribution in [0.25, 0.3) is 0 Å². The molecule has 198 valence electrons. The van der Waals surface area contributed by atoms with E-state index in [-0.39, 0.29) is 26.9 Å². The Balaban J connectivity index is 1.80. The summed E-state index contributed by atoms with van der Waals surface area (Å²) in [6, 6.07) is 15.2. The molecule has 3 aromatic carbocycles. The largest absolute Gasteiger partial charge is 0.351 e. The van der Waals surface area contributed by atoms with Crippen LogP contribution in [-0.2, 0) is 37.9 Å². The van der Waals surface area contributed by atoms with Crippen molar-refractivity contribution in [2.75, 3.05) is 20.6 Å². The van der Waals surface area contributed by atoms with Crippen LogP contribution in [0.3, 0.4) is 0 Å². The molecule has 0 heterocycles. The van der Waals surface area contributed by atoms with E-state index in [0.717, 1.165) is 14.7 Å². The van der Waals surface area contributed by atoms with Crippen molar-refractivity contribution in [2.24, 2.45) is 0 Å². The van der Waals surface area contributed by atoms with Crippen molar-refractivity contribution in [1.82, 2.24) is 13.9 Å². The van der Waals surface area contributed by atoms with Crippen LogP contribution in [0.2, 0.25) is 10.0 Å². The molecule has 0 saturated heterocycles. The Bertz CT molecular complexity index is 1460. The summed E-state index contributed by atoms with van der Waals surface area (Å²) in [5.74, 6) is -1.37. The lowest BCUT2D eigenvalue weighted by molar-refractivity contribution is -0.121. The van der Waals surface area contributed by atoms with Gasteiger partial charge < -0.3 is 5.32 Å². The Labute approximate surface area is 225 Å². The first kappa shape index (κ1) is 29.0. The number of nitrogens with zero attached hydrogens (tertiary/aromatic N) is 2. The number of sulfonamides is 2. The summed E-state index contributed by atoms with van der Waals surface area (Å²) in [5.41, 5.74) is 0.516. The number of hydrogen-bond donors (Lipinski definition) is 1. The molecule has 13 heteroatoms. The maximum atomic E-state index is 14.5. The van der Waals surface area contributed by atoms with Gasteiger partial charge in [-0.25, -0.2) is 25.5 Å². The minimum absolute atomic E-state index is 0.0103. The van der Waals surface area contributed by atoms with E-state index >= 15 is 0 Å². The smallest absolute Gasteiger partial charge is 0.243 e. The third kappa shape index (κ3) is 7.07. The zero-order chi connectivity index (χ0) is 27.4. The van der Waals surface area contributed by atoms with Gasteiger partial charge in [-0.3, -0.25) is 4.79 Å². The molecule has 0 aromatic heterocycles. The number of hydrogen-bond acceptors (Lipinski definition) is 5. The van der Waals surface area contributed by atoms with Gasteiger partial charge in [-0.2, -0.15) is 4.31 Å². The first-order chi connectivity index (χ1) is 17.3. The summed E-state index contributed by atoms with van der Waals surface area (Å²) in [6.07, 6.45) is 0. The summed E-state index contributed by atoms with van der Waals surface area (Å²) < 4.78 is 67.5. The van der Waals surface area contributed by atoms with Gasteiger partial charge in [0.15, 0.2) is 0 Å². The topological polar surface area (TPSA) is 104 Å². The number of halogens is 3. The van der Waals surface area contributed by atoms with Crippen LogP contribution in [0, 0.1) is 5.82 Å². The highest BCUT2D eigenvalue weighted by molar-refractivity contribution is 7.89. The normalized spacial score (nSPS) is 12.2. The minimum atomic E-state index is -4.24. The second kappa shape index (κ2) is 11.9. The molecule has 0 bridgehead atoms. The van der Waals surface area contributed by atoms with Crippen LogP contribution >= 0.6 is 23.2 Å². The Hall–Kier alpha value is -2.54. The van der Waals surface area contributed by atoms with E-state index < -0.39 is 44.9 Å². The SMILES string of the molecule is CN(C)S(=O)(=O)c1ccc(CNC(=O)CN(Cc2c(F)cccc2Cl)S(=O)(=O)c2ccc(Cl)cc2)cc1. The predicted molar refractivity (Wildman–Crippen MR) is 140 cm³/mol. The molecule has 1 amide bonds. The van der Waals surface area contributed by atoms with E-state index in [2.05, 4.69) is 5.32 Å². The van der Waals surface area contributed by atoms with Crippen molar-refractivity contribution in [3.8, 4) is 0 Å². The van der Waals surface area contributed by atoms with Crippen molar-refractivity contribution in [3.05, 3.63) is 93.7 Å². The summed E-state index contributed by atoms with van der Waals surface area (Å²) >= 11 is 12.0. The fourth-order valence-corrected chi connectivity index (χ4v) is 5.86. The standard InChI is InChI=1S/C24H24Cl2FN3O5S2/c1-29(2)36(32,33)19-10-6-17(7-11-19)14-28-24(31)16-30(15-21-22(26)4-3-5-23(21)27)37(34,35)20-12-8-18(25)9-13-20/h3-13H,14-16H2,1-2H3,(H,28,31). The van der Waals surface area contributed by atoms with E-state index in [0.29, 0.717) is 10.6 Å². The second-order valence-electron chi connectivity index (χ2n) is 8.14. The first-order valence-electron chi connectivity index (χ1n) is 10.8. The van der Waals surface area contributed by atoms with E-state index in [4.69, 9.17) is 23.2 Å². The van der Waals surface area contributed by atoms with Gasteiger partial charge in [0.1, 0.15) is 5.82 Å². The summed E-state index contributed by atoms with van der Waals surface area (Å²) in [6.45, 7) is -1.10. The van der Waals surface area contributed by atoms with E-state index in [1.165, 1.54) is 74.8 Å². The van der Waals surface area contributed by atoms with Crippen molar-refractivity contribution in [3.63, 3.8) is 0 Å². The van der Waals surface area contributed by atoms with E-state index in [9.17, 15) is 26.0 Å². The van der Waals surface area contributed by atoms with Crippen LogP contribution in [0.4, 0.5) is 4.39 Å². The molecule has 3 aromatic rings. The molecule has 8 nitrogen and oxygen atoms in total. The lowest BCUT2D eigenvalue weighted by Crippen LogP contribution is -2.40. The third-order valence-corrected chi connectivity index (χ3v) is 9.60. The van der Waals surface area contributed by atoms with Gasteiger partial charge in [0.25, 0.3) is 0 Å². The molecule has 1 N–H and O–H groups in total. The molecule has 0 aliphatic rings. The van der Waals surface area contributed by atoms with Gasteiger partial charge in [0.05, 0.1) is 16.3 Å². The Morgan fingerprint density at radius 1 is 0.865 bits per heavy atom. The molecule has 0 aliphatic carbocycles. The van der Waals surface area contributed by atoms with Crippen LogP contribution in [0.5, 0.6) is 0 Å². The van der Waals surface area contributed by atoms with Crippen LogP contribution in [-0.4, -0.2) is 52.0 Å². The number of nitrogens with one attached hydrogen (secondary N) is 1. The van der Waals surface area contributed by atoms with E-state index in [1.54, 1.807) is 0 Å². The average molecular weight is 589 g/mol. The van der Waals surface area contributed by atoms with Gasteiger partial charge in [-0.1, -0.05) is 41.4 Å². The summed E-state index contributed by atoms with van der Waals surface area (Å²) in [5, 5.41) is 2.95. The molecule has 37 heavy (non-hydrogen) atoms. The fourth-order valence-electron chi connectivity index (χ4n) is 3.25. The molecule has 0 fully saturated rings. The fraction of sp³-hybridized carbons (Fsp3) is 0.208. The highest BCUT2D eigenvalue weighted by Crippen LogP contribution is 2.25. The third-order valence-electron chi connectivity index (χ3n) is 5.36. The van der Waals surface area contributed by atoms with Crippen LogP contribution < -0.4 is 5.32 Å². The molecule has 0 atom stereocenters. The minimum Gasteiger partial charge on any atom is -0.351 e. The van der Waals surface area contributed by atoms with Crippen molar-refractivity contribution in [1.29, 1.82) is 0 Å². The molecule has 0 saturated carbocycles. The summed E-state index contributed by atoms with van der Waals surface area (Å²) in [4.78, 5) is 12.7. The number of carbonyl (C=O) groups is 1. The molecular weight excluding hydrogens is 564 g/mol. The maximum Gasteiger partial charge on any atom is 0.243 e. The predicted octanol–water partition coefficient (Wildman–Crippen LogP) is 3.89. The average Bonchev–Trinajstić information content (AvgIpc) is 2.84. The lowest BCUT2D eigenvalue weighted by Gasteiger charge is -2.23. The Morgan fingerprint density at radius 2 is 1.43 bits per heavy atom. The molecular formula is C24H24Cl2FN3O5S2. The number of amides is 1. The van der Waals surface area contributed by atoms with Gasteiger partial charge in [-0.15, -0.1) is 0 Å². The van der Waals surface area contributed by atoms with Gasteiger partial charge in [0, 0.05) is 42.8 Å². The van der Waals surface area contributed by atoms with E-state index in [1.807, 2.05) is 0 Å². The molecule has 0 radical (unpaired) electrons. The maximum absolute atomic E-state index is 14.5. The zero-order valence-corrected chi connectivity index (χ0v) is 23.0. The number of benzene rings is 3. The first-order valence-corrected chi connectivity index (χ1v) is 14.4. The van der Waals surface area contributed by atoms with Crippen molar-refractivity contribution < 1.29 is 26.0 Å². The molecule has 0 spiro atoms. The monoisotopic (exact) mass is 587 g/mol. The molecule has 3 rings (SSSR count). The lowest BCUT2D eigenvalue weighted by atomic mass is 10.2. The van der Waals surface area contributed by atoms with Gasteiger partial charge in [0.2, 0.25) is 26.0 Å². The number of rotatable bonds is 10. The highest BCUT2D eigenvalue weighted by Gasteiger charge is 2.28. The Kier molecular flexibility index (Phi) is 9.32. The molecule has 0 aliphatic heterocycles. The van der Waals surface area contributed by atoms with Crippen LogP contribution in [0.15, 0.2) is 76.5 Å².